The van der Waals surface area contributed by atoms with E-state index in [1.165, 1.54) is 17.0 Å². The molecule has 208 valence electrons. The molecule has 0 aliphatic rings. The summed E-state index contributed by atoms with van der Waals surface area (Å²) < 4.78 is 34.4. The summed E-state index contributed by atoms with van der Waals surface area (Å²) in [6.45, 7) is 7.97. The van der Waals surface area contributed by atoms with Crippen LogP contribution in [0.2, 0.25) is 0 Å². The minimum absolute atomic E-state index is 0.0321. The summed E-state index contributed by atoms with van der Waals surface area (Å²) in [5.74, 6) is -0.205. The molecule has 0 unspecified atom stereocenters. The van der Waals surface area contributed by atoms with E-state index in [0.29, 0.717) is 31.0 Å². The Hall–Kier alpha value is -3.85. The molecule has 0 aliphatic carbocycles. The molecule has 3 aromatic carbocycles. The van der Waals surface area contributed by atoms with Crippen LogP contribution in [0.3, 0.4) is 0 Å². The van der Waals surface area contributed by atoms with Gasteiger partial charge >= 0.3 is 0 Å². The van der Waals surface area contributed by atoms with Crippen LogP contribution < -0.4 is 14.4 Å². The van der Waals surface area contributed by atoms with Gasteiger partial charge in [-0.3, -0.25) is 13.9 Å². The zero-order valence-corrected chi connectivity index (χ0v) is 23.8. The third kappa shape index (κ3) is 7.60. The van der Waals surface area contributed by atoms with E-state index in [2.05, 4.69) is 5.32 Å². The normalized spacial score (nSPS) is 11.9. The van der Waals surface area contributed by atoms with E-state index in [1.54, 1.807) is 36.4 Å². The van der Waals surface area contributed by atoms with E-state index in [1.807, 2.05) is 58.0 Å². The number of aryl methyl sites for hydroxylation is 1. The molecule has 0 fully saturated rings. The van der Waals surface area contributed by atoms with Crippen molar-refractivity contribution in [3.05, 3.63) is 90.0 Å². The summed E-state index contributed by atoms with van der Waals surface area (Å²) >= 11 is 0. The molecule has 9 heteroatoms. The van der Waals surface area contributed by atoms with Crippen LogP contribution >= 0.6 is 0 Å². The van der Waals surface area contributed by atoms with Crippen LogP contribution in [0.4, 0.5) is 5.69 Å². The Morgan fingerprint density at radius 2 is 1.54 bits per heavy atom. The van der Waals surface area contributed by atoms with Crippen molar-refractivity contribution in [1.82, 2.24) is 10.2 Å². The van der Waals surface area contributed by atoms with Crippen LogP contribution in [0.25, 0.3) is 0 Å². The number of nitrogens with zero attached hydrogens (tertiary/aromatic N) is 2. The topological polar surface area (TPSA) is 96.0 Å². The predicted octanol–water partition coefficient (Wildman–Crippen LogP) is 4.53. The fourth-order valence-electron chi connectivity index (χ4n) is 4.23. The number of anilines is 1. The number of amides is 2. The first-order valence-corrected chi connectivity index (χ1v) is 14.6. The molecular formula is C30H37N3O5S. The third-order valence-electron chi connectivity index (χ3n) is 6.26. The lowest BCUT2D eigenvalue weighted by atomic mass is 10.1. The third-order valence-corrected chi connectivity index (χ3v) is 8.04. The molecule has 0 aromatic heterocycles. The monoisotopic (exact) mass is 551 g/mol. The van der Waals surface area contributed by atoms with Crippen LogP contribution in [0, 0.1) is 6.92 Å². The molecule has 0 radical (unpaired) electrons. The van der Waals surface area contributed by atoms with Gasteiger partial charge in [-0.2, -0.15) is 0 Å². The molecule has 39 heavy (non-hydrogen) atoms. The van der Waals surface area contributed by atoms with Gasteiger partial charge in [0, 0.05) is 13.1 Å². The molecule has 0 heterocycles. The number of nitrogens with one attached hydrogen (secondary N) is 1. The average molecular weight is 552 g/mol. The number of ether oxygens (including phenoxy) is 1. The van der Waals surface area contributed by atoms with Gasteiger partial charge in [-0.25, -0.2) is 8.42 Å². The van der Waals surface area contributed by atoms with Crippen molar-refractivity contribution in [1.29, 1.82) is 0 Å². The quantitative estimate of drug-likeness (QED) is 0.337. The number of carbonyl (C=O) groups excluding carboxylic acids is 2. The van der Waals surface area contributed by atoms with E-state index in [-0.39, 0.29) is 17.3 Å². The van der Waals surface area contributed by atoms with Crippen molar-refractivity contribution in [2.24, 2.45) is 0 Å². The highest BCUT2D eigenvalue weighted by Gasteiger charge is 2.33. The average Bonchev–Trinajstić information content (AvgIpc) is 2.93. The lowest BCUT2D eigenvalue weighted by Gasteiger charge is -2.33. The highest BCUT2D eigenvalue weighted by Crippen LogP contribution is 2.26. The molecule has 3 aromatic rings. The highest BCUT2D eigenvalue weighted by molar-refractivity contribution is 7.92. The van der Waals surface area contributed by atoms with E-state index < -0.39 is 28.5 Å². The number of hydrogen-bond acceptors (Lipinski definition) is 5. The van der Waals surface area contributed by atoms with Crippen molar-refractivity contribution in [2.45, 2.75) is 51.6 Å². The van der Waals surface area contributed by atoms with Crippen LogP contribution in [-0.4, -0.2) is 50.9 Å². The Morgan fingerprint density at radius 3 is 2.10 bits per heavy atom. The first-order chi connectivity index (χ1) is 18.7. The molecule has 0 spiro atoms. The van der Waals surface area contributed by atoms with Gasteiger partial charge < -0.3 is 15.0 Å². The van der Waals surface area contributed by atoms with Gasteiger partial charge in [0.15, 0.2) is 0 Å². The van der Waals surface area contributed by atoms with Crippen molar-refractivity contribution in [3.63, 3.8) is 0 Å². The van der Waals surface area contributed by atoms with E-state index in [0.717, 1.165) is 15.4 Å². The first-order valence-electron chi connectivity index (χ1n) is 13.1. The number of hydrogen-bond donors (Lipinski definition) is 1. The number of likely N-dealkylation sites (N-methyl/N-ethyl adjacent to an activating group) is 1. The molecule has 8 nitrogen and oxygen atoms in total. The minimum Gasteiger partial charge on any atom is -0.494 e. The van der Waals surface area contributed by atoms with Gasteiger partial charge in [0.05, 0.1) is 17.2 Å². The van der Waals surface area contributed by atoms with Crippen LogP contribution in [-0.2, 0) is 26.2 Å². The summed E-state index contributed by atoms with van der Waals surface area (Å²) in [7, 11) is -4.13. The van der Waals surface area contributed by atoms with Gasteiger partial charge in [0.1, 0.15) is 18.3 Å². The van der Waals surface area contributed by atoms with Crippen molar-refractivity contribution in [3.8, 4) is 5.75 Å². The largest absolute Gasteiger partial charge is 0.494 e. The summed E-state index contributed by atoms with van der Waals surface area (Å²) in [5.41, 5.74) is 2.15. The smallest absolute Gasteiger partial charge is 0.264 e. The number of benzene rings is 3. The SMILES string of the molecule is CCNC(=O)[C@H](CC)N(Cc1ccccc1)C(=O)CN(c1ccc(C)cc1)S(=O)(=O)c1ccc(OCC)cc1. The maximum Gasteiger partial charge on any atom is 0.264 e. The molecule has 1 atom stereocenters. The second-order valence-electron chi connectivity index (χ2n) is 9.08. The van der Waals surface area contributed by atoms with Crippen molar-refractivity contribution < 1.29 is 22.7 Å². The second kappa shape index (κ2) is 13.8. The van der Waals surface area contributed by atoms with Crippen LogP contribution in [0.1, 0.15) is 38.3 Å². The van der Waals surface area contributed by atoms with Gasteiger partial charge in [0.2, 0.25) is 11.8 Å². The van der Waals surface area contributed by atoms with Gasteiger partial charge in [0.25, 0.3) is 10.0 Å². The number of carbonyl (C=O) groups is 2. The zero-order valence-electron chi connectivity index (χ0n) is 23.0. The number of rotatable bonds is 13. The van der Waals surface area contributed by atoms with Gasteiger partial charge in [-0.1, -0.05) is 55.0 Å². The molecular weight excluding hydrogens is 514 g/mol. The van der Waals surface area contributed by atoms with E-state index in [4.69, 9.17) is 4.74 Å². The van der Waals surface area contributed by atoms with Crippen LogP contribution in [0.5, 0.6) is 5.75 Å². The maximum absolute atomic E-state index is 13.9. The summed E-state index contributed by atoms with van der Waals surface area (Å²) in [6, 6.07) is 21.7. The second-order valence-corrected chi connectivity index (χ2v) is 10.9. The highest BCUT2D eigenvalue weighted by atomic mass is 32.2. The minimum atomic E-state index is -4.13. The fraction of sp³-hybridized carbons (Fsp3) is 0.333. The van der Waals surface area contributed by atoms with Crippen molar-refractivity contribution in [2.75, 3.05) is 24.0 Å². The molecule has 3 rings (SSSR count). The van der Waals surface area contributed by atoms with Gasteiger partial charge in [-0.15, -0.1) is 0 Å². The van der Waals surface area contributed by atoms with Crippen molar-refractivity contribution >= 4 is 27.5 Å². The molecule has 0 saturated carbocycles. The Labute approximate surface area is 231 Å². The van der Waals surface area contributed by atoms with E-state index >= 15 is 0 Å². The van der Waals surface area contributed by atoms with Crippen LogP contribution in [0.15, 0.2) is 83.8 Å². The predicted molar refractivity (Wildman–Crippen MR) is 153 cm³/mol. The molecule has 0 aliphatic heterocycles. The summed E-state index contributed by atoms with van der Waals surface area (Å²) in [6.07, 6.45) is 0.376. The zero-order chi connectivity index (χ0) is 28.4. The molecule has 0 saturated heterocycles. The molecule has 2 amide bonds. The number of sulfonamides is 1. The fourth-order valence-corrected chi connectivity index (χ4v) is 5.65. The van der Waals surface area contributed by atoms with E-state index in [9.17, 15) is 18.0 Å². The van der Waals surface area contributed by atoms with Gasteiger partial charge in [-0.05, 0) is 69.2 Å². The Balaban J connectivity index is 2.03. The maximum atomic E-state index is 13.9. The summed E-state index contributed by atoms with van der Waals surface area (Å²) in [5, 5.41) is 2.80. The Kier molecular flexibility index (Phi) is 10.5. The Bertz CT molecular complexity index is 1330. The Morgan fingerprint density at radius 1 is 0.897 bits per heavy atom. The lowest BCUT2D eigenvalue weighted by molar-refractivity contribution is -0.140. The standard InChI is InChI=1S/C30H37N3O5S/c1-5-28(30(35)31-6-2)32(21-24-11-9-8-10-12-24)29(34)22-33(25-15-13-23(4)14-16-25)39(36,37)27-19-17-26(18-20-27)38-7-3/h8-20,28H,5-7,21-22H2,1-4H3,(H,31,35)/t28-/m0/s1. The first kappa shape index (κ1) is 29.7. The molecule has 1 N–H and O–H groups in total. The molecule has 0 bridgehead atoms. The lowest BCUT2D eigenvalue weighted by Crippen LogP contribution is -2.52. The summed E-state index contributed by atoms with van der Waals surface area (Å²) in [4.78, 5) is 28.4.